The molecule has 0 heterocycles. The van der Waals surface area contributed by atoms with Gasteiger partial charge in [-0.2, -0.15) is 0 Å². The van der Waals surface area contributed by atoms with E-state index < -0.39 is 12.0 Å². The summed E-state index contributed by atoms with van der Waals surface area (Å²) in [5.74, 6) is -1.18. The lowest BCUT2D eigenvalue weighted by Gasteiger charge is -2.18. The van der Waals surface area contributed by atoms with Crippen LogP contribution in [0.2, 0.25) is 5.02 Å². The van der Waals surface area contributed by atoms with Crippen LogP contribution in [-0.2, 0) is 4.79 Å². The number of nitrogens with one attached hydrogen (secondary N) is 1. The van der Waals surface area contributed by atoms with E-state index in [4.69, 9.17) is 16.7 Å². The summed E-state index contributed by atoms with van der Waals surface area (Å²) in [5, 5.41) is 22.0. The molecule has 22 heavy (non-hydrogen) atoms. The van der Waals surface area contributed by atoms with E-state index in [1.165, 1.54) is 12.1 Å². The molecule has 1 aromatic carbocycles. The highest BCUT2D eigenvalue weighted by atomic mass is 35.5. The van der Waals surface area contributed by atoms with Gasteiger partial charge in [-0.05, 0) is 37.6 Å². The minimum absolute atomic E-state index is 0.0634. The second kappa shape index (κ2) is 9.43. The first-order valence-electron chi connectivity index (χ1n) is 7.43. The van der Waals surface area contributed by atoms with Crippen LogP contribution in [0.3, 0.4) is 0 Å². The van der Waals surface area contributed by atoms with E-state index in [2.05, 4.69) is 5.32 Å². The number of aromatic hydroxyl groups is 1. The van der Waals surface area contributed by atoms with Gasteiger partial charge in [-0.15, -0.1) is 0 Å². The van der Waals surface area contributed by atoms with Gasteiger partial charge in [-0.1, -0.05) is 31.4 Å². The first-order chi connectivity index (χ1) is 10.5. The van der Waals surface area contributed by atoms with Crippen molar-refractivity contribution in [2.75, 3.05) is 6.54 Å². The van der Waals surface area contributed by atoms with Gasteiger partial charge < -0.3 is 15.5 Å². The number of aliphatic carboxylic acids is 1. The Bertz CT molecular complexity index is 519. The van der Waals surface area contributed by atoms with Crippen molar-refractivity contribution in [2.24, 2.45) is 0 Å². The molecular weight excluding hydrogens is 306 g/mol. The molecule has 0 aliphatic heterocycles. The Balaban J connectivity index is 2.72. The molecule has 1 atom stereocenters. The van der Waals surface area contributed by atoms with Crippen LogP contribution in [0.5, 0.6) is 5.75 Å². The quantitative estimate of drug-likeness (QED) is 0.453. The van der Waals surface area contributed by atoms with E-state index in [-0.39, 0.29) is 23.5 Å². The van der Waals surface area contributed by atoms with Gasteiger partial charge in [0.1, 0.15) is 5.75 Å². The van der Waals surface area contributed by atoms with Crippen LogP contribution in [0.4, 0.5) is 0 Å². The zero-order valence-electron chi connectivity index (χ0n) is 12.6. The van der Waals surface area contributed by atoms with Crippen molar-refractivity contribution in [2.45, 2.75) is 45.1 Å². The summed E-state index contributed by atoms with van der Waals surface area (Å²) >= 11 is 5.77. The zero-order chi connectivity index (χ0) is 16.5. The van der Waals surface area contributed by atoms with Crippen molar-refractivity contribution in [1.29, 1.82) is 0 Å². The highest BCUT2D eigenvalue weighted by Crippen LogP contribution is 2.24. The van der Waals surface area contributed by atoms with Crippen molar-refractivity contribution in [1.82, 2.24) is 5.32 Å². The molecule has 0 aliphatic rings. The van der Waals surface area contributed by atoms with Gasteiger partial charge in [-0.3, -0.25) is 9.59 Å². The molecule has 0 fully saturated rings. The molecule has 1 unspecified atom stereocenters. The van der Waals surface area contributed by atoms with Gasteiger partial charge in [0, 0.05) is 11.4 Å². The Kier molecular flexibility index (Phi) is 7.91. The number of benzene rings is 1. The number of ketones is 1. The van der Waals surface area contributed by atoms with Crippen molar-refractivity contribution >= 4 is 23.4 Å². The predicted molar refractivity (Wildman–Crippen MR) is 85.6 cm³/mol. The summed E-state index contributed by atoms with van der Waals surface area (Å²) in [7, 11) is 0. The molecule has 3 N–H and O–H groups in total. The molecule has 1 aromatic rings. The third kappa shape index (κ3) is 6.03. The Morgan fingerprint density at radius 1 is 1.32 bits per heavy atom. The van der Waals surface area contributed by atoms with E-state index >= 15 is 0 Å². The van der Waals surface area contributed by atoms with E-state index in [9.17, 15) is 14.7 Å². The molecule has 0 spiro atoms. The number of carbonyl (C=O) groups excluding carboxylic acids is 1. The van der Waals surface area contributed by atoms with Gasteiger partial charge in [-0.25, -0.2) is 0 Å². The molecule has 0 aliphatic carbocycles. The number of halogens is 1. The van der Waals surface area contributed by atoms with Gasteiger partial charge in [0.05, 0.1) is 11.6 Å². The third-order valence-corrected chi connectivity index (χ3v) is 3.58. The van der Waals surface area contributed by atoms with Gasteiger partial charge in [0.25, 0.3) is 0 Å². The van der Waals surface area contributed by atoms with Crippen LogP contribution in [0.25, 0.3) is 0 Å². The average Bonchev–Trinajstić information content (AvgIpc) is 2.45. The van der Waals surface area contributed by atoms with E-state index in [0.717, 1.165) is 12.8 Å². The third-order valence-electron chi connectivity index (χ3n) is 3.35. The molecule has 6 heteroatoms. The van der Waals surface area contributed by atoms with Crippen LogP contribution in [0, 0.1) is 0 Å². The molecule has 0 bridgehead atoms. The molecule has 5 nitrogen and oxygen atoms in total. The van der Waals surface area contributed by atoms with E-state index in [1.807, 2.05) is 6.92 Å². The summed E-state index contributed by atoms with van der Waals surface area (Å²) < 4.78 is 0. The fourth-order valence-electron chi connectivity index (χ4n) is 2.15. The lowest BCUT2D eigenvalue weighted by atomic mass is 9.98. The number of Topliss-reactive ketones (excluding diaryl/α,β-unsaturated/α-hetero) is 1. The van der Waals surface area contributed by atoms with Crippen molar-refractivity contribution in [3.8, 4) is 5.75 Å². The summed E-state index contributed by atoms with van der Waals surface area (Å²) in [4.78, 5) is 23.0. The molecular formula is C16H22ClNO4. The van der Waals surface area contributed by atoms with Crippen LogP contribution in [0.15, 0.2) is 18.2 Å². The van der Waals surface area contributed by atoms with E-state index in [0.29, 0.717) is 24.4 Å². The number of carboxylic acid groups (broad SMARTS) is 1. The van der Waals surface area contributed by atoms with E-state index in [1.54, 1.807) is 6.07 Å². The maximum absolute atomic E-state index is 12.5. The summed E-state index contributed by atoms with van der Waals surface area (Å²) in [6, 6.07) is 3.99. The monoisotopic (exact) mass is 327 g/mol. The number of phenols is 1. The molecule has 0 aromatic heterocycles. The van der Waals surface area contributed by atoms with Crippen LogP contribution < -0.4 is 5.32 Å². The Morgan fingerprint density at radius 2 is 2.05 bits per heavy atom. The molecule has 0 saturated carbocycles. The maximum Gasteiger partial charge on any atom is 0.303 e. The highest BCUT2D eigenvalue weighted by Gasteiger charge is 2.21. The first kappa shape index (κ1) is 18.5. The lowest BCUT2D eigenvalue weighted by molar-refractivity contribution is -0.137. The SMILES string of the molecule is CCCCC(NCCCC(=O)O)C(=O)c1ccc(Cl)cc1O. The molecule has 0 amide bonds. The van der Waals surface area contributed by atoms with Gasteiger partial charge >= 0.3 is 5.97 Å². The van der Waals surface area contributed by atoms with Crippen LogP contribution in [0.1, 0.15) is 49.4 Å². The van der Waals surface area contributed by atoms with Crippen LogP contribution in [-0.4, -0.2) is 34.6 Å². The van der Waals surface area contributed by atoms with Crippen molar-refractivity contribution < 1.29 is 19.8 Å². The smallest absolute Gasteiger partial charge is 0.303 e. The molecule has 0 saturated heterocycles. The second-order valence-electron chi connectivity index (χ2n) is 5.17. The van der Waals surface area contributed by atoms with Gasteiger partial charge in [0.2, 0.25) is 0 Å². The number of hydrogen-bond acceptors (Lipinski definition) is 4. The topological polar surface area (TPSA) is 86.6 Å². The maximum atomic E-state index is 12.5. The summed E-state index contributed by atoms with van der Waals surface area (Å²) in [5.41, 5.74) is 0.233. The predicted octanol–water partition coefficient (Wildman–Crippen LogP) is 3.24. The molecule has 1 rings (SSSR count). The standard InChI is InChI=1S/C16H22ClNO4/c1-2-3-5-13(18-9-4-6-15(20)21)16(22)12-8-7-11(17)10-14(12)19/h7-8,10,13,18-19H,2-6,9H2,1H3,(H,20,21). The van der Waals surface area contributed by atoms with Gasteiger partial charge in [0.15, 0.2) is 5.78 Å². The fourth-order valence-corrected chi connectivity index (χ4v) is 2.32. The molecule has 122 valence electrons. The minimum Gasteiger partial charge on any atom is -0.507 e. The number of carbonyl (C=O) groups is 2. The molecule has 0 radical (unpaired) electrons. The number of rotatable bonds is 10. The van der Waals surface area contributed by atoms with Crippen molar-refractivity contribution in [3.05, 3.63) is 28.8 Å². The Labute approximate surface area is 135 Å². The fraction of sp³-hybridized carbons (Fsp3) is 0.500. The number of hydrogen-bond donors (Lipinski definition) is 3. The van der Waals surface area contributed by atoms with Crippen molar-refractivity contribution in [3.63, 3.8) is 0 Å². The Morgan fingerprint density at radius 3 is 2.64 bits per heavy atom. The number of phenolic OH excluding ortho intramolecular Hbond substituents is 1. The second-order valence-corrected chi connectivity index (χ2v) is 5.61. The van der Waals surface area contributed by atoms with Crippen LogP contribution >= 0.6 is 11.6 Å². The largest absolute Gasteiger partial charge is 0.507 e. The first-order valence-corrected chi connectivity index (χ1v) is 7.81. The normalized spacial score (nSPS) is 12.1. The summed E-state index contributed by atoms with van der Waals surface area (Å²) in [6.45, 7) is 2.48. The number of unbranched alkanes of at least 4 members (excludes halogenated alkanes) is 1. The summed E-state index contributed by atoms with van der Waals surface area (Å²) in [6.07, 6.45) is 2.99. The average molecular weight is 328 g/mol. The minimum atomic E-state index is -0.853. The number of carboxylic acids is 1. The Hall–Kier alpha value is -1.59. The lowest BCUT2D eigenvalue weighted by Crippen LogP contribution is -2.37. The highest BCUT2D eigenvalue weighted by molar-refractivity contribution is 6.30. The zero-order valence-corrected chi connectivity index (χ0v) is 13.4.